The van der Waals surface area contributed by atoms with Crippen molar-refractivity contribution in [3.05, 3.63) is 0 Å². The molecule has 0 aromatic carbocycles. The summed E-state index contributed by atoms with van der Waals surface area (Å²) in [5.41, 5.74) is 0. The van der Waals surface area contributed by atoms with Crippen molar-refractivity contribution in [1.29, 1.82) is 0 Å². The number of unbranched alkanes of at least 4 members (excludes halogenated alkanes) is 6. The van der Waals surface area contributed by atoms with E-state index in [1.54, 1.807) is 7.05 Å². The predicted octanol–water partition coefficient (Wildman–Crippen LogP) is 4.29. The Labute approximate surface area is 108 Å². The first kappa shape index (κ1) is 16.5. The second kappa shape index (κ2) is 11.9. The van der Waals surface area contributed by atoms with Gasteiger partial charge in [0.15, 0.2) is 0 Å². The van der Waals surface area contributed by atoms with E-state index in [0.29, 0.717) is 0 Å². The standard InChI is InChI=1S/C15H31NO/c1-4-6-8-10-12-14(15(17)16-3)13-11-9-7-5-2/h14H,4-13H2,1-3H3,(H,16,17). The maximum atomic E-state index is 11.7. The van der Waals surface area contributed by atoms with Crippen LogP contribution in [0.1, 0.15) is 78.1 Å². The molecule has 0 spiro atoms. The summed E-state index contributed by atoms with van der Waals surface area (Å²) in [6, 6.07) is 0. The Kier molecular flexibility index (Phi) is 11.6. The SMILES string of the molecule is CCCCCCC(CCCCCC)C(=O)NC. The van der Waals surface area contributed by atoms with Gasteiger partial charge in [0, 0.05) is 13.0 Å². The summed E-state index contributed by atoms with van der Waals surface area (Å²) in [6.45, 7) is 4.45. The lowest BCUT2D eigenvalue weighted by Crippen LogP contribution is -2.27. The van der Waals surface area contributed by atoms with E-state index < -0.39 is 0 Å². The van der Waals surface area contributed by atoms with Gasteiger partial charge in [0.1, 0.15) is 0 Å². The lowest BCUT2D eigenvalue weighted by atomic mass is 9.94. The summed E-state index contributed by atoms with van der Waals surface area (Å²) >= 11 is 0. The first-order chi connectivity index (χ1) is 8.26. The fourth-order valence-electron chi connectivity index (χ4n) is 2.25. The molecule has 0 rings (SSSR count). The van der Waals surface area contributed by atoms with Crippen molar-refractivity contribution < 1.29 is 4.79 Å². The Bertz CT molecular complexity index is 168. The summed E-state index contributed by atoms with van der Waals surface area (Å²) < 4.78 is 0. The fraction of sp³-hybridized carbons (Fsp3) is 0.933. The van der Waals surface area contributed by atoms with Crippen molar-refractivity contribution in [3.63, 3.8) is 0 Å². The van der Waals surface area contributed by atoms with E-state index in [2.05, 4.69) is 19.2 Å². The molecule has 0 radical (unpaired) electrons. The van der Waals surface area contributed by atoms with Crippen molar-refractivity contribution >= 4 is 5.91 Å². The van der Waals surface area contributed by atoms with Crippen LogP contribution in [0.15, 0.2) is 0 Å². The largest absolute Gasteiger partial charge is 0.359 e. The fourth-order valence-corrected chi connectivity index (χ4v) is 2.25. The third-order valence-electron chi connectivity index (χ3n) is 3.43. The number of carbonyl (C=O) groups is 1. The molecule has 1 amide bonds. The number of hydrogen-bond acceptors (Lipinski definition) is 1. The minimum absolute atomic E-state index is 0.248. The molecule has 0 unspecified atom stereocenters. The summed E-state index contributed by atoms with van der Waals surface area (Å²) in [5, 5.41) is 2.81. The summed E-state index contributed by atoms with van der Waals surface area (Å²) in [5.74, 6) is 0.506. The average molecular weight is 241 g/mol. The first-order valence-electron chi connectivity index (χ1n) is 7.47. The number of amides is 1. The van der Waals surface area contributed by atoms with Crippen molar-refractivity contribution in [2.24, 2.45) is 5.92 Å². The third-order valence-corrected chi connectivity index (χ3v) is 3.43. The Morgan fingerprint density at radius 3 is 1.71 bits per heavy atom. The topological polar surface area (TPSA) is 29.1 Å². The van der Waals surface area contributed by atoms with E-state index in [-0.39, 0.29) is 11.8 Å². The van der Waals surface area contributed by atoms with E-state index in [1.807, 2.05) is 0 Å². The quantitative estimate of drug-likeness (QED) is 0.537. The second-order valence-corrected chi connectivity index (χ2v) is 5.01. The number of hydrogen-bond donors (Lipinski definition) is 1. The number of rotatable bonds is 11. The lowest BCUT2D eigenvalue weighted by Gasteiger charge is -2.15. The smallest absolute Gasteiger partial charge is 0.222 e. The first-order valence-corrected chi connectivity index (χ1v) is 7.47. The summed E-state index contributed by atoms with van der Waals surface area (Å²) in [6.07, 6.45) is 12.3. The van der Waals surface area contributed by atoms with Gasteiger partial charge in [-0.2, -0.15) is 0 Å². The average Bonchev–Trinajstić information content (AvgIpc) is 2.36. The monoisotopic (exact) mass is 241 g/mol. The van der Waals surface area contributed by atoms with Crippen LogP contribution in [0.25, 0.3) is 0 Å². The summed E-state index contributed by atoms with van der Waals surface area (Å²) in [4.78, 5) is 11.7. The molecule has 0 bridgehead atoms. The van der Waals surface area contributed by atoms with Gasteiger partial charge in [-0.15, -0.1) is 0 Å². The van der Waals surface area contributed by atoms with Crippen molar-refractivity contribution in [2.45, 2.75) is 78.1 Å². The van der Waals surface area contributed by atoms with E-state index in [9.17, 15) is 4.79 Å². The Balaban J connectivity index is 3.76. The van der Waals surface area contributed by atoms with Gasteiger partial charge in [-0.05, 0) is 12.8 Å². The van der Waals surface area contributed by atoms with Gasteiger partial charge in [0.25, 0.3) is 0 Å². The van der Waals surface area contributed by atoms with Crippen LogP contribution in [0.2, 0.25) is 0 Å². The highest BCUT2D eigenvalue weighted by atomic mass is 16.1. The molecule has 1 N–H and O–H groups in total. The van der Waals surface area contributed by atoms with Gasteiger partial charge < -0.3 is 5.32 Å². The molecule has 0 saturated heterocycles. The summed E-state index contributed by atoms with van der Waals surface area (Å²) in [7, 11) is 1.76. The van der Waals surface area contributed by atoms with Crippen molar-refractivity contribution in [1.82, 2.24) is 5.32 Å². The van der Waals surface area contributed by atoms with Crippen LogP contribution in [0.3, 0.4) is 0 Å². The van der Waals surface area contributed by atoms with Crippen molar-refractivity contribution in [2.75, 3.05) is 7.05 Å². The highest BCUT2D eigenvalue weighted by molar-refractivity contribution is 5.78. The molecular formula is C15H31NO. The van der Waals surface area contributed by atoms with Gasteiger partial charge >= 0.3 is 0 Å². The molecule has 0 aliphatic carbocycles. The highest BCUT2D eigenvalue weighted by Crippen LogP contribution is 2.18. The molecule has 0 aromatic rings. The Hall–Kier alpha value is -0.530. The minimum Gasteiger partial charge on any atom is -0.359 e. The molecule has 2 nitrogen and oxygen atoms in total. The van der Waals surface area contributed by atoms with Crippen molar-refractivity contribution in [3.8, 4) is 0 Å². The maximum Gasteiger partial charge on any atom is 0.222 e. The normalized spacial score (nSPS) is 10.8. The molecule has 0 saturated carbocycles. The molecular weight excluding hydrogens is 210 g/mol. The number of carbonyl (C=O) groups excluding carboxylic acids is 1. The van der Waals surface area contributed by atoms with Gasteiger partial charge in [-0.3, -0.25) is 4.79 Å². The van der Waals surface area contributed by atoms with Crippen LogP contribution < -0.4 is 5.32 Å². The van der Waals surface area contributed by atoms with E-state index >= 15 is 0 Å². The van der Waals surface area contributed by atoms with Gasteiger partial charge in [-0.25, -0.2) is 0 Å². The molecule has 102 valence electrons. The zero-order chi connectivity index (χ0) is 12.9. The van der Waals surface area contributed by atoms with E-state index in [0.717, 1.165) is 12.8 Å². The minimum atomic E-state index is 0.248. The van der Waals surface area contributed by atoms with Gasteiger partial charge in [-0.1, -0.05) is 65.2 Å². The molecule has 0 aliphatic rings. The molecule has 0 aromatic heterocycles. The van der Waals surface area contributed by atoms with Crippen LogP contribution in [-0.4, -0.2) is 13.0 Å². The molecule has 0 aliphatic heterocycles. The van der Waals surface area contributed by atoms with Crippen LogP contribution in [0.5, 0.6) is 0 Å². The molecule has 0 heterocycles. The van der Waals surface area contributed by atoms with E-state index in [1.165, 1.54) is 51.4 Å². The van der Waals surface area contributed by atoms with Crippen LogP contribution in [-0.2, 0) is 4.79 Å². The third kappa shape index (κ3) is 9.20. The Morgan fingerprint density at radius 1 is 0.882 bits per heavy atom. The molecule has 0 fully saturated rings. The Morgan fingerprint density at radius 2 is 1.35 bits per heavy atom. The van der Waals surface area contributed by atoms with Crippen LogP contribution in [0, 0.1) is 5.92 Å². The molecule has 17 heavy (non-hydrogen) atoms. The van der Waals surface area contributed by atoms with Gasteiger partial charge in [0.05, 0.1) is 0 Å². The van der Waals surface area contributed by atoms with Crippen LogP contribution in [0.4, 0.5) is 0 Å². The number of nitrogens with one attached hydrogen (secondary N) is 1. The second-order valence-electron chi connectivity index (χ2n) is 5.01. The zero-order valence-corrected chi connectivity index (χ0v) is 12.1. The predicted molar refractivity (Wildman–Crippen MR) is 75.1 cm³/mol. The van der Waals surface area contributed by atoms with Crippen LogP contribution >= 0.6 is 0 Å². The lowest BCUT2D eigenvalue weighted by molar-refractivity contribution is -0.125. The molecule has 2 heteroatoms. The zero-order valence-electron chi connectivity index (χ0n) is 12.1. The van der Waals surface area contributed by atoms with Gasteiger partial charge in [0.2, 0.25) is 5.91 Å². The highest BCUT2D eigenvalue weighted by Gasteiger charge is 2.15. The maximum absolute atomic E-state index is 11.7. The molecule has 0 atom stereocenters. The van der Waals surface area contributed by atoms with E-state index in [4.69, 9.17) is 0 Å².